The number of ether oxygens (including phenoxy) is 1. The minimum Gasteiger partial charge on any atom is -0.492 e. The van der Waals surface area contributed by atoms with Gasteiger partial charge in [0, 0.05) is 39.9 Å². The predicted molar refractivity (Wildman–Crippen MR) is 173 cm³/mol. The molecule has 4 aromatic rings. The van der Waals surface area contributed by atoms with Crippen LogP contribution >= 0.6 is 11.6 Å². The molecule has 1 aliphatic rings. The van der Waals surface area contributed by atoms with Gasteiger partial charge in [0.15, 0.2) is 5.78 Å². The minimum atomic E-state index is -1.03. The van der Waals surface area contributed by atoms with Crippen LogP contribution in [0.1, 0.15) is 47.2 Å². The fourth-order valence-corrected chi connectivity index (χ4v) is 5.66. The lowest BCUT2D eigenvalue weighted by Gasteiger charge is -2.26. The van der Waals surface area contributed by atoms with Crippen LogP contribution in [0.15, 0.2) is 103 Å². The summed E-state index contributed by atoms with van der Waals surface area (Å²) < 4.78 is 5.99. The summed E-state index contributed by atoms with van der Waals surface area (Å²) in [6, 6.07) is 29.4. The number of nitrogens with one attached hydrogen (secondary N) is 1. The Morgan fingerprint density at radius 3 is 2.20 bits per heavy atom. The van der Waals surface area contributed by atoms with E-state index in [1.165, 1.54) is 0 Å². The summed E-state index contributed by atoms with van der Waals surface area (Å²) in [5, 5.41) is 13.7. The third-order valence-electron chi connectivity index (χ3n) is 7.89. The highest BCUT2D eigenvalue weighted by atomic mass is 35.5. The van der Waals surface area contributed by atoms with Gasteiger partial charge in [-0.05, 0) is 66.9 Å². The van der Waals surface area contributed by atoms with E-state index in [1.807, 2.05) is 30.3 Å². The summed E-state index contributed by atoms with van der Waals surface area (Å²) in [4.78, 5) is 40.4. The number of carboxylic acid groups (broad SMARTS) is 1. The number of anilines is 2. The Morgan fingerprint density at radius 2 is 1.52 bits per heavy atom. The summed E-state index contributed by atoms with van der Waals surface area (Å²) in [5.41, 5.74) is 3.00. The van der Waals surface area contributed by atoms with Gasteiger partial charge >= 0.3 is 5.97 Å². The lowest BCUT2D eigenvalue weighted by Crippen LogP contribution is -2.38. The number of rotatable bonds is 13. The van der Waals surface area contributed by atoms with Crippen molar-refractivity contribution in [1.82, 2.24) is 0 Å². The summed E-state index contributed by atoms with van der Waals surface area (Å²) in [6.45, 7) is 0.691. The van der Waals surface area contributed by atoms with E-state index in [0.29, 0.717) is 40.7 Å². The molecule has 1 saturated carbocycles. The minimum absolute atomic E-state index is 0.0316. The van der Waals surface area contributed by atoms with Gasteiger partial charge in [-0.1, -0.05) is 79.0 Å². The molecule has 7 nitrogen and oxygen atoms in total. The van der Waals surface area contributed by atoms with Crippen LogP contribution in [0.25, 0.3) is 0 Å². The maximum Gasteiger partial charge on any atom is 0.326 e. The summed E-state index contributed by atoms with van der Waals surface area (Å²) in [6.07, 6.45) is 4.16. The first kappa shape index (κ1) is 30.8. The normalized spacial score (nSPS) is 13.7. The summed E-state index contributed by atoms with van der Waals surface area (Å²) >= 11 is 6.07. The Morgan fingerprint density at radius 1 is 0.864 bits per heavy atom. The van der Waals surface area contributed by atoms with E-state index in [1.54, 1.807) is 77.7 Å². The standard InChI is InChI=1S/C36H35ClN2O5/c37-28-16-18-29(19-17-28)39(35(41)27-10-4-5-11-27)22-23-44-30-20-14-25(15-21-30)24-33(36(42)43)38-32-13-7-6-12-31(32)34(40)26-8-2-1-3-9-26/h1-3,6-9,12-21,27,33,38H,4-5,10-11,22-24H2,(H,42,43). The molecule has 0 saturated heterocycles. The molecule has 226 valence electrons. The van der Waals surface area contributed by atoms with Crippen LogP contribution in [0, 0.1) is 5.92 Å². The Bertz CT molecular complexity index is 1570. The number of para-hydroxylation sites is 1. The number of aliphatic carboxylic acids is 1. The molecule has 0 spiro atoms. The van der Waals surface area contributed by atoms with Crippen LogP contribution in [0.3, 0.4) is 0 Å². The third-order valence-corrected chi connectivity index (χ3v) is 8.14. The van der Waals surface area contributed by atoms with Crippen molar-refractivity contribution in [3.8, 4) is 5.75 Å². The topological polar surface area (TPSA) is 95.9 Å². The number of hydrogen-bond donors (Lipinski definition) is 2. The molecule has 44 heavy (non-hydrogen) atoms. The fourth-order valence-electron chi connectivity index (χ4n) is 5.53. The lowest BCUT2D eigenvalue weighted by atomic mass is 10.00. The maximum atomic E-state index is 13.3. The Hall–Kier alpha value is -4.62. The van der Waals surface area contributed by atoms with Gasteiger partial charge in [-0.2, -0.15) is 0 Å². The van der Waals surface area contributed by atoms with E-state index in [9.17, 15) is 19.5 Å². The van der Waals surface area contributed by atoms with Gasteiger partial charge in [-0.25, -0.2) is 4.79 Å². The van der Waals surface area contributed by atoms with Crippen LogP contribution in [0.2, 0.25) is 5.02 Å². The van der Waals surface area contributed by atoms with Gasteiger partial charge in [0.05, 0.1) is 6.54 Å². The molecule has 0 radical (unpaired) electrons. The van der Waals surface area contributed by atoms with Crippen molar-refractivity contribution in [2.24, 2.45) is 5.92 Å². The third kappa shape index (κ3) is 7.85. The number of carboxylic acids is 1. The van der Waals surface area contributed by atoms with Crippen LogP contribution in [-0.4, -0.2) is 42.0 Å². The molecular formula is C36H35ClN2O5. The second kappa shape index (κ2) is 14.7. The average Bonchev–Trinajstić information content (AvgIpc) is 3.60. The monoisotopic (exact) mass is 610 g/mol. The van der Waals surface area contributed by atoms with Crippen molar-refractivity contribution in [3.05, 3.63) is 125 Å². The Labute approximate surface area is 262 Å². The zero-order valence-electron chi connectivity index (χ0n) is 24.3. The van der Waals surface area contributed by atoms with Crippen LogP contribution in [-0.2, 0) is 16.0 Å². The molecule has 0 aliphatic heterocycles. The molecule has 4 aromatic carbocycles. The largest absolute Gasteiger partial charge is 0.492 e. The Balaban J connectivity index is 1.21. The fraction of sp³-hybridized carbons (Fsp3) is 0.250. The van der Waals surface area contributed by atoms with Crippen molar-refractivity contribution in [2.45, 2.75) is 38.1 Å². The van der Waals surface area contributed by atoms with E-state index in [0.717, 1.165) is 36.9 Å². The van der Waals surface area contributed by atoms with Crippen LogP contribution in [0.5, 0.6) is 5.75 Å². The number of nitrogens with zero attached hydrogens (tertiary/aromatic N) is 1. The van der Waals surface area contributed by atoms with Crippen molar-refractivity contribution < 1.29 is 24.2 Å². The SMILES string of the molecule is O=C(c1ccccc1)c1ccccc1NC(Cc1ccc(OCCN(C(=O)C2CCCC2)c2ccc(Cl)cc2)cc1)C(=O)O. The maximum absolute atomic E-state index is 13.3. The number of hydrogen-bond acceptors (Lipinski definition) is 5. The number of halogens is 1. The van der Waals surface area contributed by atoms with Crippen molar-refractivity contribution in [2.75, 3.05) is 23.4 Å². The van der Waals surface area contributed by atoms with Gasteiger partial charge in [0.1, 0.15) is 18.4 Å². The van der Waals surface area contributed by atoms with Crippen LogP contribution in [0.4, 0.5) is 11.4 Å². The molecule has 1 aliphatic carbocycles. The first-order valence-electron chi connectivity index (χ1n) is 14.9. The molecule has 2 N–H and O–H groups in total. The van der Waals surface area contributed by atoms with E-state index in [2.05, 4.69) is 5.32 Å². The van der Waals surface area contributed by atoms with Crippen LogP contribution < -0.4 is 15.0 Å². The number of carbonyl (C=O) groups excluding carboxylic acids is 2. The zero-order valence-corrected chi connectivity index (χ0v) is 25.1. The molecule has 1 amide bonds. The van der Waals surface area contributed by atoms with Gasteiger partial charge < -0.3 is 20.1 Å². The summed E-state index contributed by atoms with van der Waals surface area (Å²) in [7, 11) is 0. The second-order valence-electron chi connectivity index (χ2n) is 10.9. The van der Waals surface area contributed by atoms with Gasteiger partial charge in [0.25, 0.3) is 0 Å². The highest BCUT2D eigenvalue weighted by Gasteiger charge is 2.28. The van der Waals surface area contributed by atoms with E-state index in [-0.39, 0.29) is 24.0 Å². The predicted octanol–water partition coefficient (Wildman–Crippen LogP) is 7.28. The molecule has 0 bridgehead atoms. The van der Waals surface area contributed by atoms with E-state index >= 15 is 0 Å². The molecular weight excluding hydrogens is 576 g/mol. The molecule has 1 unspecified atom stereocenters. The number of carbonyl (C=O) groups is 3. The van der Waals surface area contributed by atoms with Crippen molar-refractivity contribution in [1.29, 1.82) is 0 Å². The number of benzene rings is 4. The second-order valence-corrected chi connectivity index (χ2v) is 11.4. The molecule has 0 heterocycles. The van der Waals surface area contributed by atoms with Crippen molar-refractivity contribution in [3.63, 3.8) is 0 Å². The quantitative estimate of drug-likeness (QED) is 0.154. The highest BCUT2D eigenvalue weighted by Crippen LogP contribution is 2.29. The van der Waals surface area contributed by atoms with Gasteiger partial charge in [0.2, 0.25) is 5.91 Å². The number of amides is 1. The Kier molecular flexibility index (Phi) is 10.3. The van der Waals surface area contributed by atoms with E-state index in [4.69, 9.17) is 16.3 Å². The van der Waals surface area contributed by atoms with E-state index < -0.39 is 12.0 Å². The highest BCUT2D eigenvalue weighted by molar-refractivity contribution is 6.30. The smallest absolute Gasteiger partial charge is 0.326 e. The van der Waals surface area contributed by atoms with Gasteiger partial charge in [-0.3, -0.25) is 9.59 Å². The number of ketones is 1. The molecule has 0 aromatic heterocycles. The molecule has 1 atom stereocenters. The van der Waals surface area contributed by atoms with Gasteiger partial charge in [-0.15, -0.1) is 0 Å². The lowest BCUT2D eigenvalue weighted by molar-refractivity contribution is -0.137. The molecule has 5 rings (SSSR count). The molecule has 8 heteroatoms. The first-order chi connectivity index (χ1) is 21.4. The van der Waals surface area contributed by atoms with Crippen molar-refractivity contribution >= 4 is 40.6 Å². The summed E-state index contributed by atoms with van der Waals surface area (Å²) in [5.74, 6) is -0.440. The average molecular weight is 611 g/mol. The molecule has 1 fully saturated rings. The zero-order chi connectivity index (χ0) is 30.9. The first-order valence-corrected chi connectivity index (χ1v) is 15.2.